The van der Waals surface area contributed by atoms with Crippen molar-refractivity contribution in [2.24, 2.45) is 4.99 Å². The van der Waals surface area contributed by atoms with E-state index in [1.165, 1.54) is 6.07 Å². The number of rotatable bonds is 5. The first kappa shape index (κ1) is 28.8. The molecule has 3 aromatic rings. The van der Waals surface area contributed by atoms with E-state index in [1.54, 1.807) is 24.4 Å². The fourth-order valence-electron chi connectivity index (χ4n) is 4.33. The Balaban J connectivity index is 2.16. The quantitative estimate of drug-likeness (QED) is 0.239. The van der Waals surface area contributed by atoms with Gasteiger partial charge in [0, 0.05) is 39.6 Å². The van der Waals surface area contributed by atoms with E-state index in [2.05, 4.69) is 47.6 Å². The number of aromatic hydroxyl groups is 2. The second-order valence-electron chi connectivity index (χ2n) is 12.9. The normalized spacial score (nSPS) is 12.7. The lowest BCUT2D eigenvalue weighted by atomic mass is 9.79. The number of aliphatic imine (C=N–C) groups is 1. The van der Waals surface area contributed by atoms with Gasteiger partial charge < -0.3 is 10.2 Å². The summed E-state index contributed by atoms with van der Waals surface area (Å²) >= 11 is 0. The zero-order valence-corrected chi connectivity index (χ0v) is 24.0. The molecule has 3 N–H and O–H groups in total. The van der Waals surface area contributed by atoms with Crippen molar-refractivity contribution in [3.63, 3.8) is 0 Å². The molecule has 0 aliphatic rings. The molecule has 0 aliphatic carbocycles. The topological polar surface area (TPSA) is 93.7 Å². The predicted octanol–water partition coefficient (Wildman–Crippen LogP) is 7.97. The molecule has 0 spiro atoms. The third-order valence-electron chi connectivity index (χ3n) is 6.68. The van der Waals surface area contributed by atoms with Gasteiger partial charge in [0.05, 0.1) is 11.4 Å². The summed E-state index contributed by atoms with van der Waals surface area (Å²) < 4.78 is 0. The van der Waals surface area contributed by atoms with Crippen LogP contribution in [0.3, 0.4) is 0 Å². The van der Waals surface area contributed by atoms with Crippen LogP contribution in [0.25, 0.3) is 0 Å². The van der Waals surface area contributed by atoms with Gasteiger partial charge in [-0.2, -0.15) is 0 Å². The minimum absolute atomic E-state index is 0.0165. The number of hydrogen-bond donors (Lipinski definition) is 3. The Kier molecular flexibility index (Phi) is 7.74. The Morgan fingerprint density at radius 2 is 1.34 bits per heavy atom. The van der Waals surface area contributed by atoms with Gasteiger partial charge in [0.1, 0.15) is 17.8 Å². The number of phenols is 2. The molecule has 3 rings (SSSR count). The van der Waals surface area contributed by atoms with Crippen molar-refractivity contribution in [1.82, 2.24) is 0 Å². The molecule has 0 saturated heterocycles. The Bertz CT molecular complexity index is 1410. The van der Waals surface area contributed by atoms with Gasteiger partial charge in [-0.15, -0.1) is 0 Å². The molecule has 200 valence electrons. The van der Waals surface area contributed by atoms with E-state index in [0.29, 0.717) is 27.9 Å². The smallest absolute Gasteiger partial charge is 0.150 e. The van der Waals surface area contributed by atoms with E-state index < -0.39 is 5.41 Å². The largest absolute Gasteiger partial charge is 0.507 e. The minimum atomic E-state index is -0.420. The lowest BCUT2D eigenvalue weighted by Gasteiger charge is -2.27. The maximum atomic E-state index is 11.7. The molecular weight excluding hydrogens is 472 g/mol. The van der Waals surface area contributed by atoms with Crippen LogP contribution in [0, 0.1) is 5.41 Å². The predicted molar refractivity (Wildman–Crippen MR) is 157 cm³/mol. The van der Waals surface area contributed by atoms with Crippen LogP contribution in [-0.2, 0) is 16.2 Å². The molecular formula is C33H40N2O3. The average molecular weight is 513 g/mol. The van der Waals surface area contributed by atoms with E-state index in [-0.39, 0.29) is 33.6 Å². The molecule has 0 aliphatic heterocycles. The van der Waals surface area contributed by atoms with Crippen molar-refractivity contribution in [2.45, 2.75) is 78.6 Å². The van der Waals surface area contributed by atoms with E-state index in [4.69, 9.17) is 10.4 Å². The second kappa shape index (κ2) is 10.2. The van der Waals surface area contributed by atoms with Crippen LogP contribution in [0.15, 0.2) is 53.5 Å². The molecule has 0 heterocycles. The first-order chi connectivity index (χ1) is 17.4. The van der Waals surface area contributed by atoms with Crippen molar-refractivity contribution in [2.75, 3.05) is 0 Å². The molecule has 5 nitrogen and oxygen atoms in total. The van der Waals surface area contributed by atoms with E-state index in [1.807, 2.05) is 39.0 Å². The van der Waals surface area contributed by atoms with Gasteiger partial charge in [-0.3, -0.25) is 15.2 Å². The van der Waals surface area contributed by atoms with E-state index in [9.17, 15) is 15.0 Å². The Morgan fingerprint density at radius 3 is 1.89 bits per heavy atom. The number of phenolic OH excluding ortho intramolecular Hbond substituents is 2. The second-order valence-corrected chi connectivity index (χ2v) is 12.9. The molecule has 38 heavy (non-hydrogen) atoms. The van der Waals surface area contributed by atoms with Crippen molar-refractivity contribution < 1.29 is 15.0 Å². The van der Waals surface area contributed by atoms with Crippen LogP contribution in [0.4, 0.5) is 5.69 Å². The number of carbonyl (C=O) groups is 1. The number of hydrogen-bond acceptors (Lipinski definition) is 5. The average Bonchev–Trinajstić information content (AvgIpc) is 2.81. The van der Waals surface area contributed by atoms with Crippen LogP contribution in [0.1, 0.15) is 106 Å². The maximum absolute atomic E-state index is 11.7. The highest BCUT2D eigenvalue weighted by Gasteiger charge is 2.26. The summed E-state index contributed by atoms with van der Waals surface area (Å²) in [5.41, 5.74) is 4.08. The fourth-order valence-corrected chi connectivity index (χ4v) is 4.33. The monoisotopic (exact) mass is 512 g/mol. The van der Waals surface area contributed by atoms with Gasteiger partial charge in [0.2, 0.25) is 0 Å². The SMILES string of the molecule is CC(C)(C)c1cc(C=Nc2ccccc2C(=N)c2cc(C=O)cc(C(C)(C)C)c2O)c(O)c(C(C)(C)C)c1. The molecule has 0 aromatic heterocycles. The molecule has 0 fully saturated rings. The molecule has 0 amide bonds. The molecule has 0 unspecified atom stereocenters. The summed E-state index contributed by atoms with van der Waals surface area (Å²) in [4.78, 5) is 16.4. The lowest BCUT2D eigenvalue weighted by Crippen LogP contribution is -2.17. The number of nitrogens with zero attached hydrogens (tertiary/aromatic N) is 1. The third-order valence-corrected chi connectivity index (χ3v) is 6.68. The van der Waals surface area contributed by atoms with E-state index in [0.717, 1.165) is 17.4 Å². The number of nitrogens with one attached hydrogen (secondary N) is 1. The summed E-state index contributed by atoms with van der Waals surface area (Å²) in [7, 11) is 0. The summed E-state index contributed by atoms with van der Waals surface area (Å²) in [6.45, 7) is 18.5. The van der Waals surface area contributed by atoms with Crippen molar-refractivity contribution in [1.29, 1.82) is 5.41 Å². The number of aldehydes is 1. The zero-order chi connectivity index (χ0) is 28.6. The Labute approximate surface area is 226 Å². The van der Waals surface area contributed by atoms with Gasteiger partial charge in [-0.05, 0) is 46.1 Å². The summed E-state index contributed by atoms with van der Waals surface area (Å²) in [5, 5.41) is 31.2. The maximum Gasteiger partial charge on any atom is 0.150 e. The van der Waals surface area contributed by atoms with E-state index >= 15 is 0 Å². The molecule has 0 atom stereocenters. The van der Waals surface area contributed by atoms with Gasteiger partial charge in [-0.25, -0.2) is 0 Å². The lowest BCUT2D eigenvalue weighted by molar-refractivity contribution is 0.112. The van der Waals surface area contributed by atoms with Gasteiger partial charge in [-0.1, -0.05) is 86.6 Å². The molecule has 0 saturated carbocycles. The highest BCUT2D eigenvalue weighted by molar-refractivity contribution is 6.16. The number of carbonyl (C=O) groups excluding carboxylic acids is 1. The summed E-state index contributed by atoms with van der Waals surface area (Å²) in [5.74, 6) is 0.171. The first-order valence-electron chi connectivity index (χ1n) is 12.9. The molecule has 3 aromatic carbocycles. The highest BCUT2D eigenvalue weighted by atomic mass is 16.3. The van der Waals surface area contributed by atoms with Crippen molar-refractivity contribution >= 4 is 23.9 Å². The summed E-state index contributed by atoms with van der Waals surface area (Å²) in [6.07, 6.45) is 2.36. The van der Waals surface area contributed by atoms with Gasteiger partial charge >= 0.3 is 0 Å². The zero-order valence-electron chi connectivity index (χ0n) is 24.0. The van der Waals surface area contributed by atoms with Crippen LogP contribution in [0.2, 0.25) is 0 Å². The standard InChI is InChI=1S/C33H40N2O3/c1-31(2,3)22-16-21(29(37)26(17-22)33(7,8)9)18-35-27-13-11-10-12-23(27)28(34)24-14-20(19-36)15-25(30(24)38)32(4,5)6/h10-19,34,37-38H,1-9H3. The fraction of sp³-hybridized carbons (Fsp3) is 0.364. The molecule has 0 bridgehead atoms. The molecule has 5 heteroatoms. The molecule has 0 radical (unpaired) electrons. The first-order valence-corrected chi connectivity index (χ1v) is 12.9. The number of benzene rings is 3. The highest BCUT2D eigenvalue weighted by Crippen LogP contribution is 2.38. The van der Waals surface area contributed by atoms with Gasteiger partial charge in [0.15, 0.2) is 0 Å². The minimum Gasteiger partial charge on any atom is -0.507 e. The van der Waals surface area contributed by atoms with Crippen LogP contribution >= 0.6 is 0 Å². The number of para-hydroxylation sites is 1. The van der Waals surface area contributed by atoms with Crippen LogP contribution in [-0.4, -0.2) is 28.4 Å². The van der Waals surface area contributed by atoms with Crippen molar-refractivity contribution in [3.8, 4) is 11.5 Å². The van der Waals surface area contributed by atoms with Gasteiger partial charge in [0.25, 0.3) is 0 Å². The van der Waals surface area contributed by atoms with Crippen LogP contribution in [0.5, 0.6) is 11.5 Å². The van der Waals surface area contributed by atoms with Crippen molar-refractivity contribution in [3.05, 3.63) is 87.5 Å². The Hall–Kier alpha value is -3.73. The third kappa shape index (κ3) is 6.04. The Morgan fingerprint density at radius 1 is 0.763 bits per heavy atom. The summed E-state index contributed by atoms with van der Waals surface area (Å²) in [6, 6.07) is 14.4. The van der Waals surface area contributed by atoms with Crippen LogP contribution < -0.4 is 0 Å².